The van der Waals surface area contributed by atoms with Crippen LogP contribution in [0, 0.1) is 12.8 Å². The van der Waals surface area contributed by atoms with E-state index in [9.17, 15) is 4.79 Å². The molecular formula is C11H14O. The predicted octanol–water partition coefficient (Wildman–Crippen LogP) is 2.83. The molecule has 0 aliphatic carbocycles. The zero-order chi connectivity index (χ0) is 9.14. The number of ketones is 1. The molecule has 1 heteroatoms. The number of rotatable bonds is 2. The van der Waals surface area contributed by atoms with Crippen LogP contribution in [0.2, 0.25) is 0 Å². The van der Waals surface area contributed by atoms with Crippen LogP contribution < -0.4 is 0 Å². The number of benzene rings is 1. The standard InChI is InChI=1S/C11H14O/c1-8(2)11(12)10-6-4-5-9(3)7-10/h4-8H,1-3H3. The monoisotopic (exact) mass is 162 g/mol. The van der Waals surface area contributed by atoms with Crippen molar-refractivity contribution in [2.75, 3.05) is 0 Å². The van der Waals surface area contributed by atoms with Gasteiger partial charge in [0.2, 0.25) is 0 Å². The van der Waals surface area contributed by atoms with Crippen LogP contribution in [0.3, 0.4) is 0 Å². The van der Waals surface area contributed by atoms with Crippen LogP contribution in [0.1, 0.15) is 29.8 Å². The molecule has 0 aromatic heterocycles. The maximum Gasteiger partial charge on any atom is 0.165 e. The quantitative estimate of drug-likeness (QED) is 0.611. The summed E-state index contributed by atoms with van der Waals surface area (Å²) in [5, 5.41) is 0. The van der Waals surface area contributed by atoms with Gasteiger partial charge in [0.25, 0.3) is 0 Å². The first-order valence-corrected chi connectivity index (χ1v) is 4.22. The van der Waals surface area contributed by atoms with E-state index in [2.05, 4.69) is 0 Å². The molecule has 1 rings (SSSR count). The Labute approximate surface area is 73.4 Å². The summed E-state index contributed by atoms with van der Waals surface area (Å²) in [6.07, 6.45) is 0. The van der Waals surface area contributed by atoms with Gasteiger partial charge in [-0.2, -0.15) is 0 Å². The highest BCUT2D eigenvalue weighted by atomic mass is 16.1. The van der Waals surface area contributed by atoms with E-state index in [1.807, 2.05) is 45.0 Å². The van der Waals surface area contributed by atoms with Crippen molar-refractivity contribution in [3.05, 3.63) is 35.4 Å². The number of hydrogen-bond donors (Lipinski definition) is 0. The molecule has 0 saturated heterocycles. The summed E-state index contributed by atoms with van der Waals surface area (Å²) in [5.41, 5.74) is 1.96. The molecule has 0 amide bonds. The molecule has 1 nitrogen and oxygen atoms in total. The van der Waals surface area contributed by atoms with Crippen LogP contribution in [0.15, 0.2) is 24.3 Å². The minimum Gasteiger partial charge on any atom is -0.294 e. The predicted molar refractivity (Wildman–Crippen MR) is 50.3 cm³/mol. The Hall–Kier alpha value is -1.11. The molecule has 0 N–H and O–H groups in total. The molecule has 0 bridgehead atoms. The van der Waals surface area contributed by atoms with E-state index in [4.69, 9.17) is 0 Å². The van der Waals surface area contributed by atoms with Gasteiger partial charge in [0.15, 0.2) is 5.78 Å². The molecule has 12 heavy (non-hydrogen) atoms. The molecule has 1 aromatic rings. The van der Waals surface area contributed by atoms with Gasteiger partial charge < -0.3 is 0 Å². The Morgan fingerprint density at radius 1 is 1.33 bits per heavy atom. The average Bonchev–Trinajstić information content (AvgIpc) is 2.03. The molecule has 0 aliphatic heterocycles. The molecule has 0 aliphatic rings. The summed E-state index contributed by atoms with van der Waals surface area (Å²) < 4.78 is 0. The minimum absolute atomic E-state index is 0.0896. The van der Waals surface area contributed by atoms with Gasteiger partial charge in [0, 0.05) is 11.5 Å². The van der Waals surface area contributed by atoms with Gasteiger partial charge in [-0.3, -0.25) is 4.79 Å². The lowest BCUT2D eigenvalue weighted by atomic mass is 10.00. The summed E-state index contributed by atoms with van der Waals surface area (Å²) in [4.78, 5) is 11.5. The molecular weight excluding hydrogens is 148 g/mol. The lowest BCUT2D eigenvalue weighted by Crippen LogP contribution is -2.07. The van der Waals surface area contributed by atoms with Crippen LogP contribution >= 0.6 is 0 Å². The normalized spacial score (nSPS) is 10.3. The Kier molecular flexibility index (Phi) is 2.64. The number of Topliss-reactive ketones (excluding diaryl/α,β-unsaturated/α-hetero) is 1. The number of aryl methyl sites for hydroxylation is 1. The van der Waals surface area contributed by atoms with Crippen molar-refractivity contribution in [3.8, 4) is 0 Å². The van der Waals surface area contributed by atoms with E-state index >= 15 is 0 Å². The van der Waals surface area contributed by atoms with Gasteiger partial charge in [-0.25, -0.2) is 0 Å². The van der Waals surface area contributed by atoms with Gasteiger partial charge in [-0.15, -0.1) is 0 Å². The zero-order valence-corrected chi connectivity index (χ0v) is 7.79. The lowest BCUT2D eigenvalue weighted by molar-refractivity contribution is 0.0939. The minimum atomic E-state index is 0.0896. The third kappa shape index (κ3) is 1.94. The lowest BCUT2D eigenvalue weighted by Gasteiger charge is -2.03. The molecule has 0 spiro atoms. The number of hydrogen-bond acceptors (Lipinski definition) is 1. The molecule has 64 valence electrons. The maximum absolute atomic E-state index is 11.5. The fourth-order valence-corrected chi connectivity index (χ4v) is 1.13. The van der Waals surface area contributed by atoms with Crippen LogP contribution in [0.4, 0.5) is 0 Å². The third-order valence-electron chi connectivity index (χ3n) is 1.83. The topological polar surface area (TPSA) is 17.1 Å². The van der Waals surface area contributed by atoms with E-state index in [0.29, 0.717) is 0 Å². The summed E-state index contributed by atoms with van der Waals surface area (Å²) >= 11 is 0. The highest BCUT2D eigenvalue weighted by Crippen LogP contribution is 2.09. The van der Waals surface area contributed by atoms with Gasteiger partial charge in [0.05, 0.1) is 0 Å². The molecule has 0 saturated carbocycles. The first-order valence-electron chi connectivity index (χ1n) is 4.22. The fraction of sp³-hybridized carbons (Fsp3) is 0.364. The van der Waals surface area contributed by atoms with Crippen molar-refractivity contribution < 1.29 is 4.79 Å². The smallest absolute Gasteiger partial charge is 0.165 e. The number of carbonyl (C=O) groups is 1. The molecule has 0 fully saturated rings. The number of carbonyl (C=O) groups excluding carboxylic acids is 1. The molecule has 0 unspecified atom stereocenters. The average molecular weight is 162 g/mol. The Balaban J connectivity index is 2.96. The fourth-order valence-electron chi connectivity index (χ4n) is 1.13. The largest absolute Gasteiger partial charge is 0.294 e. The second-order valence-corrected chi connectivity index (χ2v) is 3.39. The van der Waals surface area contributed by atoms with Crippen molar-refractivity contribution in [2.24, 2.45) is 5.92 Å². The second-order valence-electron chi connectivity index (χ2n) is 3.39. The highest BCUT2D eigenvalue weighted by Gasteiger charge is 2.09. The van der Waals surface area contributed by atoms with Gasteiger partial charge >= 0.3 is 0 Å². The third-order valence-corrected chi connectivity index (χ3v) is 1.83. The summed E-state index contributed by atoms with van der Waals surface area (Å²) in [5.74, 6) is 0.311. The Morgan fingerprint density at radius 3 is 2.50 bits per heavy atom. The summed E-state index contributed by atoms with van der Waals surface area (Å²) in [6, 6.07) is 7.72. The molecule has 1 aromatic carbocycles. The van der Waals surface area contributed by atoms with Crippen molar-refractivity contribution in [3.63, 3.8) is 0 Å². The van der Waals surface area contributed by atoms with E-state index in [0.717, 1.165) is 11.1 Å². The summed E-state index contributed by atoms with van der Waals surface area (Å²) in [7, 11) is 0. The van der Waals surface area contributed by atoms with Crippen LogP contribution in [0.25, 0.3) is 0 Å². The summed E-state index contributed by atoms with van der Waals surface area (Å²) in [6.45, 7) is 5.84. The van der Waals surface area contributed by atoms with E-state index in [1.165, 1.54) is 0 Å². The van der Waals surface area contributed by atoms with E-state index < -0.39 is 0 Å². The second kappa shape index (κ2) is 3.53. The van der Waals surface area contributed by atoms with Crippen LogP contribution in [-0.2, 0) is 0 Å². The molecule has 0 atom stereocenters. The van der Waals surface area contributed by atoms with Crippen molar-refractivity contribution in [1.82, 2.24) is 0 Å². The van der Waals surface area contributed by atoms with Gasteiger partial charge in [-0.05, 0) is 13.0 Å². The van der Waals surface area contributed by atoms with Crippen molar-refractivity contribution in [2.45, 2.75) is 20.8 Å². The molecule has 0 radical (unpaired) electrons. The Morgan fingerprint density at radius 2 is 2.00 bits per heavy atom. The van der Waals surface area contributed by atoms with Gasteiger partial charge in [0.1, 0.15) is 0 Å². The zero-order valence-electron chi connectivity index (χ0n) is 7.79. The van der Waals surface area contributed by atoms with Gasteiger partial charge in [-0.1, -0.05) is 37.6 Å². The van der Waals surface area contributed by atoms with E-state index in [1.54, 1.807) is 0 Å². The first kappa shape index (κ1) is 8.98. The highest BCUT2D eigenvalue weighted by molar-refractivity contribution is 5.97. The van der Waals surface area contributed by atoms with Crippen LogP contribution in [-0.4, -0.2) is 5.78 Å². The van der Waals surface area contributed by atoms with E-state index in [-0.39, 0.29) is 11.7 Å². The maximum atomic E-state index is 11.5. The van der Waals surface area contributed by atoms with Crippen LogP contribution in [0.5, 0.6) is 0 Å². The van der Waals surface area contributed by atoms with Crippen molar-refractivity contribution >= 4 is 5.78 Å². The van der Waals surface area contributed by atoms with Crippen molar-refractivity contribution in [1.29, 1.82) is 0 Å². The molecule has 0 heterocycles. The SMILES string of the molecule is Cc1cccc(C(=O)C(C)C)c1. The first-order chi connectivity index (χ1) is 5.61. The Bertz CT molecular complexity index is 287.